The van der Waals surface area contributed by atoms with Crippen molar-refractivity contribution in [1.29, 1.82) is 5.41 Å². The number of aliphatic carboxylic acids is 2. The minimum Gasteiger partial charge on any atom is -0.481 e. The van der Waals surface area contributed by atoms with Crippen molar-refractivity contribution in [2.75, 3.05) is 0 Å². The van der Waals surface area contributed by atoms with Gasteiger partial charge >= 0.3 is 23.9 Å². The number of nitrogens with two attached hydrogens (primary N) is 1. The molecule has 2 amide bonds. The van der Waals surface area contributed by atoms with Gasteiger partial charge in [0.15, 0.2) is 0 Å². The van der Waals surface area contributed by atoms with Crippen LogP contribution in [0.25, 0.3) is 0 Å². The zero-order valence-electron chi connectivity index (χ0n) is 17.9. The number of amides is 2. The number of urea groups is 1. The Morgan fingerprint density at radius 1 is 1.12 bits per heavy atom. The number of nitrogens with zero attached hydrogens (tertiary/aromatic N) is 1. The molecule has 0 aliphatic rings. The maximum absolute atomic E-state index is 12.6. The van der Waals surface area contributed by atoms with E-state index in [1.54, 1.807) is 38.1 Å². The zero-order chi connectivity index (χ0) is 24.7. The lowest BCUT2D eigenvalue weighted by atomic mass is 10.2. The molecule has 0 unspecified atom stereocenters. The molecule has 2 aromatic rings. The highest BCUT2D eigenvalue weighted by molar-refractivity contribution is 7.13. The number of carboxylic acid groups (broad SMARTS) is 2. The first-order valence-corrected chi connectivity index (χ1v) is 10.6. The minimum absolute atomic E-state index is 0.0775. The standard InChI is InChI=1S/C21H24N4O7S/c1-11(2)25(21(31)24-15(19(28)29)9-17(26)27)10-14-7-8-16(33-14)20(30)32-13-5-3-12(4-6-13)18(22)23/h3-8,11,15H,9-10H2,1-2H3,(H3,22,23)(H,24,31)(H,26,27)(H,28,29)/t15-/m0/s1. The Morgan fingerprint density at radius 3 is 2.27 bits per heavy atom. The van der Waals surface area contributed by atoms with E-state index < -0.39 is 36.4 Å². The van der Waals surface area contributed by atoms with Crippen LogP contribution in [0, 0.1) is 5.41 Å². The topological polar surface area (TPSA) is 183 Å². The van der Waals surface area contributed by atoms with Crippen LogP contribution in [0.3, 0.4) is 0 Å². The average molecular weight is 477 g/mol. The van der Waals surface area contributed by atoms with E-state index in [-0.39, 0.29) is 24.2 Å². The third kappa shape index (κ3) is 7.31. The summed E-state index contributed by atoms with van der Waals surface area (Å²) in [5.41, 5.74) is 5.89. The maximum Gasteiger partial charge on any atom is 0.353 e. The summed E-state index contributed by atoms with van der Waals surface area (Å²) in [6.07, 6.45) is -0.755. The van der Waals surface area contributed by atoms with Crippen molar-refractivity contribution in [2.45, 2.75) is 38.9 Å². The van der Waals surface area contributed by atoms with Gasteiger partial charge in [0, 0.05) is 16.5 Å². The molecule has 11 nitrogen and oxygen atoms in total. The summed E-state index contributed by atoms with van der Waals surface area (Å²) in [5, 5.41) is 27.6. The summed E-state index contributed by atoms with van der Waals surface area (Å²) < 4.78 is 5.31. The van der Waals surface area contributed by atoms with E-state index in [1.807, 2.05) is 0 Å². The molecule has 1 aromatic carbocycles. The van der Waals surface area contributed by atoms with E-state index in [2.05, 4.69) is 5.32 Å². The van der Waals surface area contributed by atoms with E-state index in [9.17, 15) is 19.2 Å². The number of nitrogen functional groups attached to an aromatic ring is 1. The number of esters is 1. The quantitative estimate of drug-likeness (QED) is 0.149. The van der Waals surface area contributed by atoms with Crippen molar-refractivity contribution in [3.05, 3.63) is 51.7 Å². The predicted molar refractivity (Wildman–Crippen MR) is 120 cm³/mol. The first-order chi connectivity index (χ1) is 15.5. The molecule has 0 aliphatic heterocycles. The third-order valence-corrected chi connectivity index (χ3v) is 5.47. The Hall–Kier alpha value is -3.93. The van der Waals surface area contributed by atoms with E-state index in [0.717, 1.165) is 11.3 Å². The predicted octanol–water partition coefficient (Wildman–Crippen LogP) is 2.10. The van der Waals surface area contributed by atoms with Gasteiger partial charge in [-0.1, -0.05) is 0 Å². The van der Waals surface area contributed by atoms with Crippen LogP contribution in [0.15, 0.2) is 36.4 Å². The van der Waals surface area contributed by atoms with Gasteiger partial charge in [-0.2, -0.15) is 0 Å². The average Bonchev–Trinajstić information content (AvgIpc) is 3.20. The molecule has 33 heavy (non-hydrogen) atoms. The summed E-state index contributed by atoms with van der Waals surface area (Å²) in [4.78, 5) is 49.4. The van der Waals surface area contributed by atoms with E-state index in [1.165, 1.54) is 17.0 Å². The number of carbonyl (C=O) groups is 4. The van der Waals surface area contributed by atoms with Gasteiger partial charge in [0.05, 0.1) is 13.0 Å². The molecule has 0 bridgehead atoms. The fourth-order valence-corrected chi connectivity index (χ4v) is 3.58. The Labute approximate surface area is 193 Å². The zero-order valence-corrected chi connectivity index (χ0v) is 18.7. The lowest BCUT2D eigenvalue weighted by Gasteiger charge is -2.27. The molecule has 0 saturated heterocycles. The number of hydrogen-bond donors (Lipinski definition) is 5. The minimum atomic E-state index is -1.57. The number of hydrogen-bond acceptors (Lipinski definition) is 7. The molecule has 176 valence electrons. The van der Waals surface area contributed by atoms with Crippen molar-refractivity contribution in [3.8, 4) is 5.75 Å². The molecular formula is C21H24N4O7S. The number of carboxylic acids is 2. The smallest absolute Gasteiger partial charge is 0.353 e. The molecule has 1 heterocycles. The fraction of sp³-hybridized carbons (Fsp3) is 0.286. The van der Waals surface area contributed by atoms with Crippen LogP contribution in [-0.4, -0.2) is 57.0 Å². The van der Waals surface area contributed by atoms with E-state index >= 15 is 0 Å². The highest BCUT2D eigenvalue weighted by Crippen LogP contribution is 2.22. The second-order valence-electron chi connectivity index (χ2n) is 7.25. The van der Waals surface area contributed by atoms with Gasteiger partial charge in [0.2, 0.25) is 0 Å². The number of rotatable bonds is 10. The van der Waals surface area contributed by atoms with Gasteiger partial charge in [0.25, 0.3) is 0 Å². The van der Waals surface area contributed by atoms with Crippen LogP contribution < -0.4 is 15.8 Å². The van der Waals surface area contributed by atoms with Crippen molar-refractivity contribution in [2.24, 2.45) is 5.73 Å². The van der Waals surface area contributed by atoms with Gasteiger partial charge in [-0.05, 0) is 50.2 Å². The highest BCUT2D eigenvalue weighted by Gasteiger charge is 2.27. The summed E-state index contributed by atoms with van der Waals surface area (Å²) >= 11 is 1.11. The van der Waals surface area contributed by atoms with Crippen LogP contribution in [0.2, 0.25) is 0 Å². The molecule has 12 heteroatoms. The normalized spacial score (nSPS) is 11.5. The SMILES string of the molecule is CC(C)N(Cc1ccc(C(=O)Oc2ccc(C(=N)N)cc2)s1)C(=O)N[C@@H](CC(=O)O)C(=O)O. The van der Waals surface area contributed by atoms with Gasteiger partial charge in [0.1, 0.15) is 22.5 Å². The van der Waals surface area contributed by atoms with Crippen molar-refractivity contribution in [3.63, 3.8) is 0 Å². The van der Waals surface area contributed by atoms with Crippen LogP contribution in [0.1, 0.15) is 40.4 Å². The van der Waals surface area contributed by atoms with E-state index in [0.29, 0.717) is 15.3 Å². The molecule has 6 N–H and O–H groups in total. The first-order valence-electron chi connectivity index (χ1n) is 9.75. The van der Waals surface area contributed by atoms with Crippen molar-refractivity contribution < 1.29 is 34.1 Å². The number of thiophene rings is 1. The van der Waals surface area contributed by atoms with Gasteiger partial charge in [-0.3, -0.25) is 10.2 Å². The second-order valence-corrected chi connectivity index (χ2v) is 8.42. The lowest BCUT2D eigenvalue weighted by Crippen LogP contribution is -2.50. The number of amidine groups is 1. The highest BCUT2D eigenvalue weighted by atomic mass is 32.1. The van der Waals surface area contributed by atoms with Crippen LogP contribution in [0.4, 0.5) is 4.79 Å². The van der Waals surface area contributed by atoms with Gasteiger partial charge in [-0.15, -0.1) is 11.3 Å². The Balaban J connectivity index is 2.06. The molecule has 0 spiro atoms. The molecule has 0 radical (unpaired) electrons. The number of carbonyl (C=O) groups excluding carboxylic acids is 2. The molecule has 0 saturated carbocycles. The van der Waals surface area contributed by atoms with Gasteiger partial charge in [-0.25, -0.2) is 14.4 Å². The Kier molecular flexibility index (Phi) is 8.51. The van der Waals surface area contributed by atoms with Crippen LogP contribution in [-0.2, 0) is 16.1 Å². The summed E-state index contributed by atoms with van der Waals surface area (Å²) in [6.45, 7) is 3.52. The maximum atomic E-state index is 12.6. The monoisotopic (exact) mass is 476 g/mol. The Morgan fingerprint density at radius 2 is 1.76 bits per heavy atom. The number of nitrogens with one attached hydrogen (secondary N) is 2. The molecule has 2 rings (SSSR count). The molecular weight excluding hydrogens is 452 g/mol. The van der Waals surface area contributed by atoms with Gasteiger partial charge < -0.3 is 30.9 Å². The lowest BCUT2D eigenvalue weighted by molar-refractivity contribution is -0.145. The summed E-state index contributed by atoms with van der Waals surface area (Å²) in [6, 6.07) is 6.70. The van der Waals surface area contributed by atoms with Crippen molar-refractivity contribution >= 4 is 41.1 Å². The molecule has 1 atom stereocenters. The summed E-state index contributed by atoms with van der Waals surface area (Å²) in [5.74, 6) is -3.23. The first kappa shape index (κ1) is 25.3. The third-order valence-electron chi connectivity index (χ3n) is 4.42. The second kappa shape index (κ2) is 11.1. The van der Waals surface area contributed by atoms with Crippen molar-refractivity contribution in [1.82, 2.24) is 10.2 Å². The molecule has 0 fully saturated rings. The number of benzene rings is 1. The van der Waals surface area contributed by atoms with Crippen LogP contribution in [0.5, 0.6) is 5.75 Å². The molecule has 1 aromatic heterocycles. The fourth-order valence-electron chi connectivity index (χ4n) is 2.70. The molecule has 0 aliphatic carbocycles. The largest absolute Gasteiger partial charge is 0.481 e. The van der Waals surface area contributed by atoms with E-state index in [4.69, 9.17) is 26.1 Å². The Bertz CT molecular complexity index is 1050. The number of ether oxygens (including phenoxy) is 1. The summed E-state index contributed by atoms with van der Waals surface area (Å²) in [7, 11) is 0. The van der Waals surface area contributed by atoms with Crippen LogP contribution >= 0.6 is 11.3 Å².